The van der Waals surface area contributed by atoms with Gasteiger partial charge in [-0.15, -0.1) is 0 Å². The van der Waals surface area contributed by atoms with Gasteiger partial charge in [0.1, 0.15) is 17.9 Å². The molecule has 0 fully saturated rings. The molecule has 1 rings (SSSR count). The zero-order valence-electron chi connectivity index (χ0n) is 21.2. The summed E-state index contributed by atoms with van der Waals surface area (Å²) in [5, 5.41) is 10.3. The first kappa shape index (κ1) is 27.5. The van der Waals surface area contributed by atoms with Crippen LogP contribution in [-0.2, 0) is 14.4 Å². The molecule has 35 heavy (non-hydrogen) atoms. The normalized spacial score (nSPS) is 13.6. The lowest BCUT2D eigenvalue weighted by Crippen LogP contribution is -2.54. The Balaban J connectivity index is 2.61. The number of rotatable bonds is 14. The Morgan fingerprint density at radius 2 is 1.66 bits per heavy atom. The van der Waals surface area contributed by atoms with E-state index in [1.165, 1.54) is 24.3 Å². The van der Waals surface area contributed by atoms with Crippen LogP contribution in [0.4, 0.5) is 9.18 Å². The fraction of sp³-hybridized carbons (Fsp3) is 0.522. The molecular formula is C23H35FN6O5. The van der Waals surface area contributed by atoms with Crippen LogP contribution in [0.15, 0.2) is 24.3 Å². The molecule has 1 unspecified atom stereocenters. The molecule has 6 amide bonds. The Hall–Kier alpha value is -3.70. The molecule has 1 aromatic carbocycles. The summed E-state index contributed by atoms with van der Waals surface area (Å²) in [4.78, 5) is 60.3. The topological polar surface area (TPSA) is 186 Å². The summed E-state index contributed by atoms with van der Waals surface area (Å²) in [5.74, 6) is -2.90. The van der Waals surface area contributed by atoms with E-state index < -0.39 is 47.6 Å². The third kappa shape index (κ3) is 11.3. The Kier molecular flexibility index (Phi) is 11.4. The molecule has 0 radical (unpaired) electrons. The number of amides is 6. The molecule has 0 bridgehead atoms. The van der Waals surface area contributed by atoms with Gasteiger partial charge < -0.3 is 32.7 Å². The van der Waals surface area contributed by atoms with Crippen LogP contribution in [0.3, 0.4) is 0 Å². The molecule has 0 heterocycles. The maximum atomic E-state index is 13.0. The van der Waals surface area contributed by atoms with E-state index in [0.717, 1.165) is 0 Å². The van der Waals surface area contributed by atoms with E-state index in [9.17, 15) is 28.4 Å². The predicted molar refractivity (Wildman–Crippen MR) is 127 cm³/mol. The maximum absolute atomic E-state index is 13.0. The van der Waals surface area contributed by atoms with E-state index in [1.54, 1.807) is 26.5 Å². The largest absolute Gasteiger partial charge is 0.368 e. The number of halogens is 1. The van der Waals surface area contributed by atoms with E-state index in [0.29, 0.717) is 18.4 Å². The van der Waals surface area contributed by atoms with E-state index in [4.69, 9.17) is 7.15 Å². The van der Waals surface area contributed by atoms with Crippen LogP contribution in [0, 0.1) is 11.7 Å². The highest BCUT2D eigenvalue weighted by Crippen LogP contribution is 2.07. The van der Waals surface area contributed by atoms with Crippen molar-refractivity contribution in [2.45, 2.75) is 64.6 Å². The lowest BCUT2D eigenvalue weighted by Gasteiger charge is -2.25. The molecule has 11 nitrogen and oxygen atoms in total. The van der Waals surface area contributed by atoms with Gasteiger partial charge in [-0.3, -0.25) is 19.2 Å². The number of carbonyl (C=O) groups excluding carboxylic acids is 5. The molecule has 0 aliphatic heterocycles. The second-order valence-corrected chi connectivity index (χ2v) is 8.57. The second kappa shape index (κ2) is 14.5. The summed E-state index contributed by atoms with van der Waals surface area (Å²) in [6.07, 6.45) is 0.779. The number of urea groups is 1. The smallest absolute Gasteiger partial charge is 0.312 e. The molecule has 0 aliphatic carbocycles. The highest BCUT2D eigenvalue weighted by molar-refractivity contribution is 5.94. The third-order valence-electron chi connectivity index (χ3n) is 5.16. The third-order valence-corrected chi connectivity index (χ3v) is 5.16. The molecular weight excluding hydrogens is 459 g/mol. The van der Waals surface area contributed by atoms with Crippen molar-refractivity contribution in [3.05, 3.63) is 35.6 Å². The zero-order valence-corrected chi connectivity index (χ0v) is 20.2. The summed E-state index contributed by atoms with van der Waals surface area (Å²) >= 11 is 0. The summed E-state index contributed by atoms with van der Waals surface area (Å²) in [7, 11) is 0. The molecule has 1 aromatic rings. The first-order valence-corrected chi connectivity index (χ1v) is 11.4. The maximum Gasteiger partial charge on any atom is 0.312 e. The van der Waals surface area contributed by atoms with Crippen LogP contribution >= 0.6 is 0 Å². The SMILES string of the molecule is [2H]NC(=O)[C@@H](CCCNC(N)=O)NC(=O)[C@H](NC(=O)CCC(C)NC(=O)c1ccc(F)cc1)C(C)C. The van der Waals surface area contributed by atoms with E-state index in [-0.39, 0.29) is 31.3 Å². The molecule has 0 saturated heterocycles. The van der Waals surface area contributed by atoms with Gasteiger partial charge in [0.05, 0.1) is 0 Å². The fourth-order valence-corrected chi connectivity index (χ4v) is 3.16. The van der Waals surface area contributed by atoms with Crippen LogP contribution < -0.4 is 32.7 Å². The van der Waals surface area contributed by atoms with Gasteiger partial charge in [0, 0.05) is 24.6 Å². The van der Waals surface area contributed by atoms with Crippen molar-refractivity contribution in [3.63, 3.8) is 0 Å². The molecule has 0 aliphatic rings. The highest BCUT2D eigenvalue weighted by atomic mass is 19.1. The molecule has 12 heteroatoms. The van der Waals surface area contributed by atoms with Crippen molar-refractivity contribution in [3.8, 4) is 0 Å². The van der Waals surface area contributed by atoms with Crippen molar-refractivity contribution in [2.24, 2.45) is 17.4 Å². The number of carbonyl (C=O) groups is 5. The first-order chi connectivity index (χ1) is 16.9. The Bertz CT molecular complexity index is 915. The van der Waals surface area contributed by atoms with E-state index in [2.05, 4.69) is 21.3 Å². The number of nitrogens with two attached hydrogens (primary N) is 2. The summed E-state index contributed by atoms with van der Waals surface area (Å²) < 4.78 is 20.1. The van der Waals surface area contributed by atoms with E-state index >= 15 is 0 Å². The van der Waals surface area contributed by atoms with Gasteiger partial charge in [-0.1, -0.05) is 13.8 Å². The molecule has 8 N–H and O–H groups in total. The van der Waals surface area contributed by atoms with Crippen molar-refractivity contribution in [1.82, 2.24) is 21.3 Å². The Labute approximate surface area is 205 Å². The number of nitrogens with one attached hydrogen (secondary N) is 4. The Morgan fingerprint density at radius 1 is 1.00 bits per heavy atom. The van der Waals surface area contributed by atoms with Crippen molar-refractivity contribution < 1.29 is 29.8 Å². The minimum atomic E-state index is -1.04. The van der Waals surface area contributed by atoms with Crippen LogP contribution in [0.5, 0.6) is 0 Å². The molecule has 0 saturated carbocycles. The summed E-state index contributed by atoms with van der Waals surface area (Å²) in [6, 6.07) is 2.03. The van der Waals surface area contributed by atoms with Gasteiger partial charge in [-0.25, -0.2) is 9.18 Å². The van der Waals surface area contributed by atoms with Crippen LogP contribution in [0.1, 0.15) is 56.8 Å². The quantitative estimate of drug-likeness (QED) is 0.202. The van der Waals surface area contributed by atoms with Gasteiger partial charge >= 0.3 is 6.03 Å². The standard InChI is InChI=1S/C23H35FN6O5/c1-13(2)19(22(34)29-17(20(25)32)5-4-12-27-23(26)35)30-18(31)11-6-14(3)28-21(33)15-7-9-16(24)10-8-15/h7-10,13-14,17,19H,4-6,11-12H2,1-3H3,(H2,25,32)(H,28,33)(H,29,34)(H,30,31)(H3,26,27,35)/t14?,17-,19-/m1/s1/i/hD. The summed E-state index contributed by atoms with van der Waals surface area (Å²) in [6.45, 7) is 5.37. The molecule has 0 aromatic heterocycles. The van der Waals surface area contributed by atoms with Gasteiger partial charge in [-0.2, -0.15) is 0 Å². The molecule has 3 atom stereocenters. The lowest BCUT2D eigenvalue weighted by atomic mass is 10.0. The average Bonchev–Trinajstić information content (AvgIpc) is 2.82. The van der Waals surface area contributed by atoms with Gasteiger partial charge in [0.25, 0.3) is 5.91 Å². The van der Waals surface area contributed by atoms with Crippen LogP contribution in [0.2, 0.25) is 1.41 Å². The fourth-order valence-electron chi connectivity index (χ4n) is 3.16. The number of hydrogen-bond donors (Lipinski definition) is 6. The highest BCUT2D eigenvalue weighted by Gasteiger charge is 2.28. The zero-order chi connectivity index (χ0) is 27.3. The van der Waals surface area contributed by atoms with Crippen LogP contribution in [-0.4, -0.2) is 54.3 Å². The average molecular weight is 496 g/mol. The second-order valence-electron chi connectivity index (χ2n) is 8.57. The minimum absolute atomic E-state index is 0.0246. The van der Waals surface area contributed by atoms with Crippen molar-refractivity contribution in [1.29, 1.82) is 0 Å². The van der Waals surface area contributed by atoms with Gasteiger partial charge in [0.15, 0.2) is 1.41 Å². The number of benzene rings is 1. The molecule has 194 valence electrons. The summed E-state index contributed by atoms with van der Waals surface area (Å²) in [5.41, 5.74) is 7.02. The van der Waals surface area contributed by atoms with Crippen LogP contribution in [0.25, 0.3) is 0 Å². The van der Waals surface area contributed by atoms with Gasteiger partial charge in [-0.05, 0) is 56.4 Å². The Morgan fingerprint density at radius 3 is 2.23 bits per heavy atom. The van der Waals surface area contributed by atoms with E-state index in [1.807, 2.05) is 0 Å². The number of primary amides is 2. The van der Waals surface area contributed by atoms with Gasteiger partial charge in [0.2, 0.25) is 17.7 Å². The number of hydrogen-bond acceptors (Lipinski definition) is 5. The van der Waals surface area contributed by atoms with Crippen molar-refractivity contribution in [2.75, 3.05) is 6.54 Å². The first-order valence-electron chi connectivity index (χ1n) is 11.9. The molecule has 0 spiro atoms. The van der Waals surface area contributed by atoms with Crippen molar-refractivity contribution >= 4 is 29.7 Å². The lowest BCUT2D eigenvalue weighted by molar-refractivity contribution is -0.132. The monoisotopic (exact) mass is 495 g/mol. The minimum Gasteiger partial charge on any atom is -0.368 e. The predicted octanol–water partition coefficient (Wildman–Crippen LogP) is 0.284.